The number of aromatic nitrogens is 1. The normalized spacial score (nSPS) is 20.7. The van der Waals surface area contributed by atoms with E-state index in [0.717, 1.165) is 55.3 Å². The molecular weight excluding hydrogens is 425 g/mol. The average molecular weight is 466 g/mol. The van der Waals surface area contributed by atoms with Crippen molar-refractivity contribution < 1.29 is 12.0 Å². The summed E-state index contributed by atoms with van der Waals surface area (Å²) >= 11 is 0. The van der Waals surface area contributed by atoms with Gasteiger partial charge in [-0.1, -0.05) is 58.4 Å². The van der Waals surface area contributed by atoms with Gasteiger partial charge >= 0.3 is 0 Å². The van der Waals surface area contributed by atoms with Crippen molar-refractivity contribution >= 4 is 5.91 Å². The summed E-state index contributed by atoms with van der Waals surface area (Å²) in [5, 5.41) is 6.97. The Morgan fingerprint density at radius 3 is 2.50 bits per heavy atom. The first kappa shape index (κ1) is 24.2. The van der Waals surface area contributed by atoms with Gasteiger partial charge in [-0.2, -0.15) is 0 Å². The van der Waals surface area contributed by atoms with E-state index in [1.807, 2.05) is 12.1 Å². The smallest absolute Gasteiger partial charge is 0.220 e. The predicted molar refractivity (Wildman–Crippen MR) is 140 cm³/mol. The highest BCUT2D eigenvalue weighted by Crippen LogP contribution is 2.39. The minimum absolute atomic E-state index is 0. The van der Waals surface area contributed by atoms with Crippen LogP contribution < -0.4 is 10.6 Å². The number of amides is 1. The van der Waals surface area contributed by atoms with E-state index >= 15 is 0 Å². The fourth-order valence-corrected chi connectivity index (χ4v) is 5.14. The molecule has 5 heteroatoms. The predicted octanol–water partition coefficient (Wildman–Crippen LogP) is 6.94. The highest BCUT2D eigenvalue weighted by Gasteiger charge is 2.43. The second-order valence-corrected chi connectivity index (χ2v) is 10.5. The molecule has 4 nitrogen and oxygen atoms in total. The van der Waals surface area contributed by atoms with Crippen LogP contribution in [0.3, 0.4) is 0 Å². The maximum atomic E-state index is 13.2. The first-order chi connectivity index (χ1) is 16.2. The zero-order chi connectivity index (χ0) is 24.3. The number of carbonyl (C=O) groups excluding carboxylic acids is 1. The van der Waals surface area contributed by atoms with E-state index < -0.39 is 5.54 Å². The van der Waals surface area contributed by atoms with Gasteiger partial charge in [0.1, 0.15) is 5.82 Å². The lowest BCUT2D eigenvalue weighted by Gasteiger charge is -2.37. The maximum absolute atomic E-state index is 13.2. The van der Waals surface area contributed by atoms with E-state index in [2.05, 4.69) is 61.6 Å². The molecule has 184 valence electrons. The van der Waals surface area contributed by atoms with E-state index in [1.165, 1.54) is 29.1 Å². The Labute approximate surface area is 205 Å². The third kappa shape index (κ3) is 5.24. The van der Waals surface area contributed by atoms with Crippen LogP contribution in [-0.4, -0.2) is 16.4 Å². The van der Waals surface area contributed by atoms with Crippen LogP contribution in [0.25, 0.3) is 11.3 Å². The molecule has 4 rings (SSSR count). The molecule has 1 aromatic carbocycles. The van der Waals surface area contributed by atoms with Crippen molar-refractivity contribution in [3.05, 3.63) is 77.0 Å². The number of pyridine rings is 1. The van der Waals surface area contributed by atoms with Gasteiger partial charge in [0.05, 0.1) is 17.4 Å². The van der Waals surface area contributed by atoms with Gasteiger partial charge in [-0.05, 0) is 59.9 Å². The fourth-order valence-electron chi connectivity index (χ4n) is 5.14. The van der Waals surface area contributed by atoms with Gasteiger partial charge in [0.2, 0.25) is 5.91 Å². The summed E-state index contributed by atoms with van der Waals surface area (Å²) in [5.41, 5.74) is 6.70. The van der Waals surface area contributed by atoms with E-state index in [9.17, 15) is 9.18 Å². The number of carbonyl (C=O) groups is 1. The standard InChI is InChI=1S/C29H36FN3O.2H2/c1-5-22-15-21(16-28(3,4)6-2)18-32-27(22)29(14-13-26(34)33-29)17-20-7-9-23(10-8-20)25-12-11-24(30)19-31-25;;/h7-12,18-19,32H,5-6,13-17H2,1-4H3,(H,33,34);2*1H. The number of allylic oxidation sites excluding steroid dienone is 2. The van der Waals surface area contributed by atoms with Gasteiger partial charge in [-0.25, -0.2) is 4.39 Å². The first-order valence-electron chi connectivity index (χ1n) is 12.4. The molecule has 0 saturated carbocycles. The molecule has 0 spiro atoms. The topological polar surface area (TPSA) is 54.0 Å². The van der Waals surface area contributed by atoms with Gasteiger partial charge in [0.15, 0.2) is 0 Å². The van der Waals surface area contributed by atoms with Crippen molar-refractivity contribution in [3.63, 3.8) is 0 Å². The number of nitrogens with zero attached hydrogens (tertiary/aromatic N) is 1. The summed E-state index contributed by atoms with van der Waals surface area (Å²) in [4.78, 5) is 16.6. The Kier molecular flexibility index (Phi) is 6.92. The van der Waals surface area contributed by atoms with Crippen LogP contribution in [0.5, 0.6) is 0 Å². The molecule has 1 unspecified atom stereocenters. The second kappa shape index (κ2) is 9.73. The monoisotopic (exact) mass is 465 g/mol. The van der Waals surface area contributed by atoms with E-state index in [1.54, 1.807) is 6.07 Å². The Hall–Kier alpha value is -2.95. The van der Waals surface area contributed by atoms with Gasteiger partial charge in [0, 0.05) is 33.2 Å². The van der Waals surface area contributed by atoms with Gasteiger partial charge in [-0.15, -0.1) is 0 Å². The van der Waals surface area contributed by atoms with Crippen molar-refractivity contribution in [2.24, 2.45) is 5.41 Å². The molecule has 34 heavy (non-hydrogen) atoms. The number of rotatable bonds is 8. The summed E-state index contributed by atoms with van der Waals surface area (Å²) in [6.45, 7) is 9.10. The third-order valence-electron chi connectivity index (χ3n) is 7.42. The van der Waals surface area contributed by atoms with Crippen LogP contribution in [0.1, 0.15) is 74.6 Å². The highest BCUT2D eigenvalue weighted by molar-refractivity contribution is 5.80. The SMILES string of the molecule is CCC1=C(C2(Cc3ccc(-c4ccc(F)cn4)cc3)CCC(=O)N2)NC=C(CC(C)(C)CC)C1.[HH].[HH]. The maximum Gasteiger partial charge on any atom is 0.220 e. The fraction of sp³-hybridized carbons (Fsp3) is 0.448. The van der Waals surface area contributed by atoms with Gasteiger partial charge in [0.25, 0.3) is 0 Å². The minimum Gasteiger partial charge on any atom is -0.363 e. The molecule has 1 atom stereocenters. The zero-order valence-corrected chi connectivity index (χ0v) is 20.8. The lowest BCUT2D eigenvalue weighted by atomic mass is 9.77. The highest BCUT2D eigenvalue weighted by atomic mass is 19.1. The summed E-state index contributed by atoms with van der Waals surface area (Å²) in [6, 6.07) is 11.3. The lowest BCUT2D eigenvalue weighted by Crippen LogP contribution is -2.50. The van der Waals surface area contributed by atoms with Crippen molar-refractivity contribution in [1.29, 1.82) is 0 Å². The van der Waals surface area contributed by atoms with E-state index in [0.29, 0.717) is 6.42 Å². The van der Waals surface area contributed by atoms with Crippen molar-refractivity contribution in [1.82, 2.24) is 15.6 Å². The van der Waals surface area contributed by atoms with Crippen LogP contribution in [-0.2, 0) is 11.2 Å². The number of nitrogens with one attached hydrogen (secondary N) is 2. The van der Waals surface area contributed by atoms with Crippen LogP contribution in [0.15, 0.2) is 65.6 Å². The Morgan fingerprint density at radius 1 is 1.15 bits per heavy atom. The van der Waals surface area contributed by atoms with Crippen molar-refractivity contribution in [2.75, 3.05) is 0 Å². The lowest BCUT2D eigenvalue weighted by molar-refractivity contribution is -0.119. The zero-order valence-electron chi connectivity index (χ0n) is 20.8. The van der Waals surface area contributed by atoms with Crippen LogP contribution in [0.2, 0.25) is 0 Å². The molecule has 2 aromatic rings. The van der Waals surface area contributed by atoms with Crippen LogP contribution in [0, 0.1) is 11.2 Å². The largest absolute Gasteiger partial charge is 0.363 e. The molecular formula is C29H40FN3O. The Bertz CT molecular complexity index is 1110. The van der Waals surface area contributed by atoms with Gasteiger partial charge < -0.3 is 10.6 Å². The third-order valence-corrected chi connectivity index (χ3v) is 7.42. The molecule has 0 radical (unpaired) electrons. The summed E-state index contributed by atoms with van der Waals surface area (Å²) in [7, 11) is 0. The number of hydrogen-bond acceptors (Lipinski definition) is 3. The molecule has 2 aliphatic rings. The molecule has 1 amide bonds. The van der Waals surface area contributed by atoms with E-state index in [-0.39, 0.29) is 20.0 Å². The minimum atomic E-state index is -0.416. The quantitative estimate of drug-likeness (QED) is 0.444. The molecule has 2 aliphatic heterocycles. The molecule has 1 saturated heterocycles. The summed E-state index contributed by atoms with van der Waals surface area (Å²) < 4.78 is 13.2. The molecule has 0 aliphatic carbocycles. The van der Waals surface area contributed by atoms with Gasteiger partial charge in [-0.3, -0.25) is 9.78 Å². The van der Waals surface area contributed by atoms with Crippen molar-refractivity contribution in [3.8, 4) is 11.3 Å². The van der Waals surface area contributed by atoms with Crippen LogP contribution in [0.4, 0.5) is 4.39 Å². The van der Waals surface area contributed by atoms with E-state index in [4.69, 9.17) is 0 Å². The van der Waals surface area contributed by atoms with Crippen LogP contribution >= 0.6 is 0 Å². The molecule has 1 aromatic heterocycles. The first-order valence-corrected chi connectivity index (χ1v) is 12.4. The number of dihydropyridines is 1. The average Bonchev–Trinajstić information content (AvgIpc) is 3.20. The molecule has 0 bridgehead atoms. The Morgan fingerprint density at radius 2 is 1.91 bits per heavy atom. The summed E-state index contributed by atoms with van der Waals surface area (Å²) in [6.07, 6.45) is 9.61. The molecule has 3 heterocycles. The summed E-state index contributed by atoms with van der Waals surface area (Å²) in [5.74, 6) is -0.228. The second-order valence-electron chi connectivity index (χ2n) is 10.5. The number of hydrogen-bond donors (Lipinski definition) is 2. The number of benzene rings is 1. The molecule has 1 fully saturated rings. The van der Waals surface area contributed by atoms with Crippen molar-refractivity contribution in [2.45, 2.75) is 78.2 Å². The number of halogens is 1. The molecule has 2 N–H and O–H groups in total. The Balaban J connectivity index is 0.00000228.